The lowest BCUT2D eigenvalue weighted by Crippen LogP contribution is -1.94. The highest BCUT2D eigenvalue weighted by atomic mass is 16.1. The van der Waals surface area contributed by atoms with Crippen molar-refractivity contribution in [2.45, 2.75) is 0 Å². The lowest BCUT2D eigenvalue weighted by atomic mass is 10.0. The molecule has 92 valence electrons. The Bertz CT molecular complexity index is 742. The number of imidazole rings is 1. The molecule has 0 bridgehead atoms. The van der Waals surface area contributed by atoms with Crippen LogP contribution in [0, 0.1) is 0 Å². The van der Waals surface area contributed by atoms with E-state index in [0.29, 0.717) is 11.4 Å². The van der Waals surface area contributed by atoms with Crippen LogP contribution in [-0.2, 0) is 0 Å². The molecule has 1 heterocycles. The van der Waals surface area contributed by atoms with Crippen LogP contribution < -0.4 is 0 Å². The van der Waals surface area contributed by atoms with Crippen LogP contribution in [0.15, 0.2) is 60.9 Å². The van der Waals surface area contributed by atoms with Crippen LogP contribution >= 0.6 is 0 Å². The highest BCUT2D eigenvalue weighted by molar-refractivity contribution is 6.08. The topological polar surface area (TPSA) is 45.8 Å². The number of benzene rings is 2. The Kier molecular flexibility index (Phi) is 2.94. The zero-order valence-corrected chi connectivity index (χ0v) is 10.2. The van der Waals surface area contributed by atoms with Gasteiger partial charge in [0.2, 0.25) is 0 Å². The number of allylic oxidation sites excluding steroid dienone is 1. The fourth-order valence-corrected chi connectivity index (χ4v) is 1.96. The number of fused-ring (bicyclic) bond motifs is 1. The molecular formula is C16H12N2O. The highest BCUT2D eigenvalue weighted by Crippen LogP contribution is 2.16. The molecular weight excluding hydrogens is 236 g/mol. The van der Waals surface area contributed by atoms with E-state index < -0.39 is 0 Å². The Morgan fingerprint density at radius 2 is 1.95 bits per heavy atom. The number of carbonyl (C=O) groups is 1. The Morgan fingerprint density at radius 1 is 1.11 bits per heavy atom. The fraction of sp³-hybridized carbons (Fsp3) is 0. The molecule has 1 aromatic heterocycles. The molecule has 3 rings (SSSR count). The number of carbonyl (C=O) groups excluding carboxylic acids is 1. The van der Waals surface area contributed by atoms with Gasteiger partial charge in [0.1, 0.15) is 5.82 Å². The minimum Gasteiger partial charge on any atom is -0.345 e. The van der Waals surface area contributed by atoms with Crippen LogP contribution in [0.1, 0.15) is 16.2 Å². The SMILES string of the molecule is O=C(C=Cc1ncc[nH]1)c1ccc2ccccc2c1. The summed E-state index contributed by atoms with van der Waals surface area (Å²) in [6.07, 6.45) is 6.58. The summed E-state index contributed by atoms with van der Waals surface area (Å²) in [5, 5.41) is 2.20. The number of hydrogen-bond donors (Lipinski definition) is 1. The summed E-state index contributed by atoms with van der Waals surface area (Å²) in [6.45, 7) is 0. The van der Waals surface area contributed by atoms with Crippen molar-refractivity contribution < 1.29 is 4.79 Å². The first-order valence-electron chi connectivity index (χ1n) is 6.03. The second-order valence-corrected chi connectivity index (χ2v) is 4.23. The van der Waals surface area contributed by atoms with Gasteiger partial charge in [-0.05, 0) is 29.0 Å². The van der Waals surface area contributed by atoms with Crippen LogP contribution in [0.25, 0.3) is 16.8 Å². The van der Waals surface area contributed by atoms with Crippen molar-refractivity contribution in [2.24, 2.45) is 0 Å². The monoisotopic (exact) mass is 248 g/mol. The number of hydrogen-bond acceptors (Lipinski definition) is 2. The zero-order chi connectivity index (χ0) is 13.1. The predicted octanol–water partition coefficient (Wildman–Crippen LogP) is 3.46. The van der Waals surface area contributed by atoms with E-state index in [-0.39, 0.29) is 5.78 Å². The fourth-order valence-electron chi connectivity index (χ4n) is 1.96. The van der Waals surface area contributed by atoms with Gasteiger partial charge >= 0.3 is 0 Å². The smallest absolute Gasteiger partial charge is 0.185 e. The average molecular weight is 248 g/mol. The Morgan fingerprint density at radius 3 is 2.74 bits per heavy atom. The summed E-state index contributed by atoms with van der Waals surface area (Å²) in [7, 11) is 0. The molecule has 19 heavy (non-hydrogen) atoms. The molecule has 0 aliphatic carbocycles. The van der Waals surface area contributed by atoms with E-state index in [1.54, 1.807) is 18.5 Å². The summed E-state index contributed by atoms with van der Waals surface area (Å²) in [5.41, 5.74) is 0.682. The van der Waals surface area contributed by atoms with Gasteiger partial charge in [-0.25, -0.2) is 4.98 Å². The normalized spacial score (nSPS) is 11.2. The first-order valence-corrected chi connectivity index (χ1v) is 6.03. The lowest BCUT2D eigenvalue weighted by Gasteiger charge is -2.00. The van der Waals surface area contributed by atoms with Gasteiger partial charge in [0.05, 0.1) is 0 Å². The van der Waals surface area contributed by atoms with E-state index in [1.807, 2.05) is 42.5 Å². The van der Waals surface area contributed by atoms with Crippen molar-refractivity contribution in [2.75, 3.05) is 0 Å². The van der Waals surface area contributed by atoms with Crippen molar-refractivity contribution in [3.05, 3.63) is 72.3 Å². The van der Waals surface area contributed by atoms with Crippen LogP contribution in [-0.4, -0.2) is 15.8 Å². The summed E-state index contributed by atoms with van der Waals surface area (Å²) in [5.74, 6) is 0.649. The van der Waals surface area contributed by atoms with Crippen molar-refractivity contribution in [1.29, 1.82) is 0 Å². The number of nitrogens with one attached hydrogen (secondary N) is 1. The minimum atomic E-state index is -0.0258. The molecule has 0 unspecified atom stereocenters. The van der Waals surface area contributed by atoms with Gasteiger partial charge in [-0.15, -0.1) is 0 Å². The summed E-state index contributed by atoms with van der Waals surface area (Å²) < 4.78 is 0. The van der Waals surface area contributed by atoms with E-state index in [1.165, 1.54) is 6.08 Å². The van der Waals surface area contributed by atoms with Gasteiger partial charge in [0.15, 0.2) is 5.78 Å². The maximum absolute atomic E-state index is 12.1. The number of nitrogens with zero attached hydrogens (tertiary/aromatic N) is 1. The Hall–Kier alpha value is -2.68. The molecule has 0 aliphatic rings. The summed E-state index contributed by atoms with van der Waals surface area (Å²) in [6, 6.07) is 13.7. The molecule has 0 spiro atoms. The molecule has 3 heteroatoms. The van der Waals surface area contributed by atoms with Crippen molar-refractivity contribution in [3.8, 4) is 0 Å². The average Bonchev–Trinajstić information content (AvgIpc) is 2.97. The summed E-state index contributed by atoms with van der Waals surface area (Å²) in [4.78, 5) is 19.0. The first kappa shape index (κ1) is 11.4. The number of aromatic nitrogens is 2. The molecule has 0 atom stereocenters. The van der Waals surface area contributed by atoms with E-state index in [4.69, 9.17) is 0 Å². The third-order valence-electron chi connectivity index (χ3n) is 2.95. The van der Waals surface area contributed by atoms with E-state index in [9.17, 15) is 4.79 Å². The van der Waals surface area contributed by atoms with Crippen LogP contribution in [0.3, 0.4) is 0 Å². The predicted molar refractivity (Wildman–Crippen MR) is 75.9 cm³/mol. The maximum Gasteiger partial charge on any atom is 0.185 e. The molecule has 0 fully saturated rings. The van der Waals surface area contributed by atoms with Gasteiger partial charge in [-0.3, -0.25) is 4.79 Å². The van der Waals surface area contributed by atoms with Gasteiger partial charge in [-0.2, -0.15) is 0 Å². The largest absolute Gasteiger partial charge is 0.345 e. The molecule has 0 amide bonds. The van der Waals surface area contributed by atoms with Gasteiger partial charge in [0.25, 0.3) is 0 Å². The summed E-state index contributed by atoms with van der Waals surface area (Å²) >= 11 is 0. The number of H-pyrrole nitrogens is 1. The maximum atomic E-state index is 12.1. The second kappa shape index (κ2) is 4.90. The third-order valence-corrected chi connectivity index (χ3v) is 2.95. The van der Waals surface area contributed by atoms with Crippen molar-refractivity contribution >= 4 is 22.6 Å². The van der Waals surface area contributed by atoms with Crippen molar-refractivity contribution in [1.82, 2.24) is 9.97 Å². The molecule has 0 aliphatic heterocycles. The van der Waals surface area contributed by atoms with Gasteiger partial charge in [0, 0.05) is 18.0 Å². The highest BCUT2D eigenvalue weighted by Gasteiger charge is 2.03. The number of aromatic amines is 1. The molecule has 1 N–H and O–H groups in total. The van der Waals surface area contributed by atoms with E-state index in [0.717, 1.165) is 10.8 Å². The molecule has 0 saturated carbocycles. The molecule has 0 saturated heterocycles. The Balaban J connectivity index is 1.89. The van der Waals surface area contributed by atoms with Crippen molar-refractivity contribution in [3.63, 3.8) is 0 Å². The van der Waals surface area contributed by atoms with Gasteiger partial charge < -0.3 is 4.98 Å². The van der Waals surface area contributed by atoms with Gasteiger partial charge in [-0.1, -0.05) is 36.4 Å². The number of rotatable bonds is 3. The van der Waals surface area contributed by atoms with Crippen LogP contribution in [0.4, 0.5) is 0 Å². The zero-order valence-electron chi connectivity index (χ0n) is 10.2. The quantitative estimate of drug-likeness (QED) is 0.570. The van der Waals surface area contributed by atoms with Crippen LogP contribution in [0.5, 0.6) is 0 Å². The standard InChI is InChI=1S/C16H12N2O/c19-15(7-8-16-17-9-10-18-16)14-6-5-12-3-1-2-4-13(12)11-14/h1-11H,(H,17,18). The molecule has 3 aromatic rings. The Labute approximate surface area is 110 Å². The lowest BCUT2D eigenvalue weighted by molar-refractivity contribution is 0.104. The molecule has 0 radical (unpaired) electrons. The molecule has 2 aromatic carbocycles. The van der Waals surface area contributed by atoms with E-state index >= 15 is 0 Å². The first-order chi connectivity index (χ1) is 9.33. The van der Waals surface area contributed by atoms with E-state index in [2.05, 4.69) is 9.97 Å². The number of ketones is 1. The van der Waals surface area contributed by atoms with Crippen LogP contribution in [0.2, 0.25) is 0 Å². The minimum absolute atomic E-state index is 0.0258. The third kappa shape index (κ3) is 2.45. The molecule has 3 nitrogen and oxygen atoms in total. The second-order valence-electron chi connectivity index (χ2n) is 4.23.